The first-order chi connectivity index (χ1) is 7.57. The molecular formula is C15H21NO. The second-order valence-electron chi connectivity index (χ2n) is 6.50. The second kappa shape index (κ2) is 4.07. The summed E-state index contributed by atoms with van der Waals surface area (Å²) in [6.45, 7) is 19.4. The van der Waals surface area contributed by atoms with Gasteiger partial charge in [0.2, 0.25) is 0 Å². The molecule has 1 aromatic rings. The van der Waals surface area contributed by atoms with Crippen LogP contribution < -0.4 is 0 Å². The number of rotatable bonds is 0. The molecule has 17 heavy (non-hydrogen) atoms. The molecule has 0 fully saturated rings. The molecule has 1 N–H and O–H groups in total. The fraction of sp³-hybridized carbons (Fsp3) is 0.533. The molecule has 2 nitrogen and oxygen atoms in total. The van der Waals surface area contributed by atoms with Crippen LogP contribution in [0, 0.1) is 6.57 Å². The van der Waals surface area contributed by atoms with Crippen molar-refractivity contribution in [3.8, 4) is 5.75 Å². The van der Waals surface area contributed by atoms with Gasteiger partial charge in [-0.05, 0) is 34.1 Å². The van der Waals surface area contributed by atoms with Crippen LogP contribution >= 0.6 is 0 Å². The Bertz CT molecular complexity index is 432. The average molecular weight is 231 g/mol. The zero-order chi connectivity index (χ0) is 13.4. The zero-order valence-corrected chi connectivity index (χ0v) is 11.5. The summed E-state index contributed by atoms with van der Waals surface area (Å²) in [5, 5.41) is 10.4. The van der Waals surface area contributed by atoms with Crippen molar-refractivity contribution in [3.63, 3.8) is 0 Å². The molecule has 0 unspecified atom stereocenters. The van der Waals surface area contributed by atoms with Crippen LogP contribution in [0.25, 0.3) is 4.85 Å². The number of hydrogen-bond acceptors (Lipinski definition) is 1. The van der Waals surface area contributed by atoms with Crippen LogP contribution in [-0.2, 0) is 10.8 Å². The number of phenols is 1. The molecule has 0 aliphatic carbocycles. The highest BCUT2D eigenvalue weighted by Gasteiger charge is 2.26. The highest BCUT2D eigenvalue weighted by atomic mass is 16.3. The molecule has 1 rings (SSSR count). The summed E-state index contributed by atoms with van der Waals surface area (Å²) in [5.41, 5.74) is 1.96. The lowest BCUT2D eigenvalue weighted by molar-refractivity contribution is 0.423. The number of phenolic OH excluding ortho intramolecular Hbond substituents is 1. The molecule has 0 aliphatic rings. The van der Waals surface area contributed by atoms with Gasteiger partial charge in [0.25, 0.3) is 0 Å². The number of benzene rings is 1. The standard InChI is InChI=1S/C15H21NO/c1-14(2,3)11-8-10(16-7)9-12(13(11)17)15(4,5)6/h8-9,17H,1-6H3. The van der Waals surface area contributed by atoms with Crippen LogP contribution in [0.1, 0.15) is 52.7 Å². The van der Waals surface area contributed by atoms with Crippen LogP contribution in [0.3, 0.4) is 0 Å². The Hall–Kier alpha value is -1.49. The van der Waals surface area contributed by atoms with Gasteiger partial charge in [-0.3, -0.25) is 0 Å². The third-order valence-corrected chi connectivity index (χ3v) is 2.84. The molecule has 0 saturated carbocycles. The molecule has 0 aromatic heterocycles. The Morgan fingerprint density at radius 2 is 1.29 bits per heavy atom. The second-order valence-corrected chi connectivity index (χ2v) is 6.50. The van der Waals surface area contributed by atoms with Crippen molar-refractivity contribution in [1.82, 2.24) is 0 Å². The van der Waals surface area contributed by atoms with Crippen LogP contribution in [-0.4, -0.2) is 5.11 Å². The Morgan fingerprint density at radius 1 is 0.941 bits per heavy atom. The van der Waals surface area contributed by atoms with Gasteiger partial charge in [-0.15, -0.1) is 0 Å². The van der Waals surface area contributed by atoms with Crippen LogP contribution in [0.15, 0.2) is 12.1 Å². The Balaban J connectivity index is 3.61. The molecule has 0 atom stereocenters. The van der Waals surface area contributed by atoms with Gasteiger partial charge in [-0.2, -0.15) is 0 Å². The lowest BCUT2D eigenvalue weighted by atomic mass is 9.79. The molecular weight excluding hydrogens is 210 g/mol. The lowest BCUT2D eigenvalue weighted by Crippen LogP contribution is -2.16. The van der Waals surface area contributed by atoms with Gasteiger partial charge in [0.1, 0.15) is 5.75 Å². The van der Waals surface area contributed by atoms with Gasteiger partial charge in [0.05, 0.1) is 6.57 Å². The SMILES string of the molecule is [C-]#[N+]c1cc(C(C)(C)C)c(O)c(C(C)(C)C)c1. The minimum absolute atomic E-state index is 0.162. The maximum Gasteiger partial charge on any atom is 0.188 e. The molecule has 0 radical (unpaired) electrons. The summed E-state index contributed by atoms with van der Waals surface area (Å²) in [7, 11) is 0. The molecule has 0 amide bonds. The number of hydrogen-bond donors (Lipinski definition) is 1. The van der Waals surface area contributed by atoms with E-state index >= 15 is 0 Å². The summed E-state index contributed by atoms with van der Waals surface area (Å²) in [5.74, 6) is 0.331. The molecule has 92 valence electrons. The monoisotopic (exact) mass is 231 g/mol. The molecule has 0 saturated heterocycles. The Morgan fingerprint density at radius 3 is 1.53 bits per heavy atom. The Kier molecular flexibility index (Phi) is 3.25. The van der Waals surface area contributed by atoms with E-state index in [4.69, 9.17) is 6.57 Å². The van der Waals surface area contributed by atoms with E-state index in [9.17, 15) is 5.11 Å². The fourth-order valence-electron chi connectivity index (χ4n) is 1.83. The lowest BCUT2D eigenvalue weighted by Gasteiger charge is -2.27. The van der Waals surface area contributed by atoms with Gasteiger partial charge in [-0.1, -0.05) is 41.5 Å². The van der Waals surface area contributed by atoms with E-state index in [2.05, 4.69) is 4.85 Å². The first-order valence-corrected chi connectivity index (χ1v) is 5.83. The summed E-state index contributed by atoms with van der Waals surface area (Å²) >= 11 is 0. The highest BCUT2D eigenvalue weighted by Crippen LogP contribution is 2.41. The molecule has 0 heterocycles. The van der Waals surface area contributed by atoms with Crippen molar-refractivity contribution in [3.05, 3.63) is 34.7 Å². The average Bonchev–Trinajstić information content (AvgIpc) is 2.14. The van der Waals surface area contributed by atoms with Crippen LogP contribution in [0.4, 0.5) is 5.69 Å². The smallest absolute Gasteiger partial charge is 0.188 e. The highest BCUT2D eigenvalue weighted by molar-refractivity contribution is 5.59. The predicted molar refractivity (Wildman–Crippen MR) is 71.8 cm³/mol. The third-order valence-electron chi connectivity index (χ3n) is 2.84. The van der Waals surface area contributed by atoms with E-state index in [1.54, 1.807) is 12.1 Å². The van der Waals surface area contributed by atoms with Crippen molar-refractivity contribution in [2.75, 3.05) is 0 Å². The van der Waals surface area contributed by atoms with E-state index in [1.165, 1.54) is 0 Å². The van der Waals surface area contributed by atoms with E-state index < -0.39 is 0 Å². The van der Waals surface area contributed by atoms with E-state index in [0.717, 1.165) is 11.1 Å². The first kappa shape index (κ1) is 13.6. The maximum atomic E-state index is 10.4. The van der Waals surface area contributed by atoms with E-state index in [0.29, 0.717) is 11.4 Å². The van der Waals surface area contributed by atoms with E-state index in [-0.39, 0.29) is 10.8 Å². The molecule has 2 heteroatoms. The first-order valence-electron chi connectivity index (χ1n) is 5.83. The molecule has 0 bridgehead atoms. The van der Waals surface area contributed by atoms with Gasteiger partial charge < -0.3 is 5.11 Å². The molecule has 0 spiro atoms. The van der Waals surface area contributed by atoms with Crippen molar-refractivity contribution in [2.45, 2.75) is 52.4 Å². The van der Waals surface area contributed by atoms with Gasteiger partial charge in [0.15, 0.2) is 5.69 Å². The van der Waals surface area contributed by atoms with Crippen molar-refractivity contribution in [2.24, 2.45) is 0 Å². The summed E-state index contributed by atoms with van der Waals surface area (Å²) < 4.78 is 0. The topological polar surface area (TPSA) is 24.6 Å². The minimum Gasteiger partial charge on any atom is -0.507 e. The summed E-state index contributed by atoms with van der Waals surface area (Å²) in [6.07, 6.45) is 0. The normalized spacial score (nSPS) is 12.3. The van der Waals surface area contributed by atoms with Crippen molar-refractivity contribution >= 4 is 5.69 Å². The maximum absolute atomic E-state index is 10.4. The molecule has 0 aliphatic heterocycles. The summed E-state index contributed by atoms with van der Waals surface area (Å²) in [6, 6.07) is 3.58. The van der Waals surface area contributed by atoms with Crippen LogP contribution in [0.5, 0.6) is 5.75 Å². The molecule has 1 aromatic carbocycles. The Labute approximate surface area is 104 Å². The van der Waals surface area contributed by atoms with E-state index in [1.807, 2.05) is 41.5 Å². The number of nitrogens with zero attached hydrogens (tertiary/aromatic N) is 1. The fourth-order valence-corrected chi connectivity index (χ4v) is 1.83. The van der Waals surface area contributed by atoms with Crippen LogP contribution in [0.2, 0.25) is 0 Å². The van der Waals surface area contributed by atoms with Crippen molar-refractivity contribution in [1.29, 1.82) is 0 Å². The summed E-state index contributed by atoms with van der Waals surface area (Å²) in [4.78, 5) is 3.50. The van der Waals surface area contributed by atoms with Crippen molar-refractivity contribution < 1.29 is 5.11 Å². The van der Waals surface area contributed by atoms with Gasteiger partial charge >= 0.3 is 0 Å². The number of aromatic hydroxyl groups is 1. The quantitative estimate of drug-likeness (QED) is 0.651. The minimum atomic E-state index is -0.162. The largest absolute Gasteiger partial charge is 0.507 e. The zero-order valence-electron chi connectivity index (χ0n) is 11.5. The van der Waals surface area contributed by atoms with Gasteiger partial charge in [0, 0.05) is 0 Å². The van der Waals surface area contributed by atoms with Gasteiger partial charge in [-0.25, -0.2) is 4.85 Å². The predicted octanol–water partition coefficient (Wildman–Crippen LogP) is 4.54. The third kappa shape index (κ3) is 2.79.